The molecule has 17 heavy (non-hydrogen) atoms. The zero-order chi connectivity index (χ0) is 12.7. The van der Waals surface area contributed by atoms with Gasteiger partial charge in [-0.1, -0.05) is 11.8 Å². The topological polar surface area (TPSA) is 59.1 Å². The van der Waals surface area contributed by atoms with Crippen LogP contribution in [0.1, 0.15) is 13.8 Å². The number of hydrogen-bond acceptors (Lipinski definition) is 6. The molecule has 0 saturated heterocycles. The van der Waals surface area contributed by atoms with E-state index in [4.69, 9.17) is 4.74 Å². The molecule has 1 atom stereocenters. The highest BCUT2D eigenvalue weighted by Gasteiger charge is 2.06. The van der Waals surface area contributed by atoms with Crippen molar-refractivity contribution >= 4 is 23.4 Å². The Hall–Kier alpha value is -1.01. The molecule has 0 spiro atoms. The lowest BCUT2D eigenvalue weighted by Gasteiger charge is -2.15. The molecule has 0 radical (unpaired) electrons. The van der Waals surface area contributed by atoms with Crippen LogP contribution in [-0.2, 0) is 4.74 Å². The quantitative estimate of drug-likeness (QED) is 0.575. The zero-order valence-electron chi connectivity index (χ0n) is 10.8. The Bertz CT molecular complexity index is 326. The van der Waals surface area contributed by atoms with E-state index in [1.54, 1.807) is 0 Å². The van der Waals surface area contributed by atoms with E-state index >= 15 is 0 Å². The maximum absolute atomic E-state index is 5.35. The average molecular weight is 256 g/mol. The molecule has 1 aromatic heterocycles. The fourth-order valence-corrected chi connectivity index (χ4v) is 1.69. The predicted octanol–water partition coefficient (Wildman–Crippen LogP) is 2.08. The Balaban J connectivity index is 2.68. The van der Waals surface area contributed by atoms with Crippen LogP contribution in [0.2, 0.25) is 0 Å². The second-order valence-corrected chi connectivity index (χ2v) is 4.35. The van der Waals surface area contributed by atoms with Crippen molar-refractivity contribution in [2.45, 2.75) is 25.0 Å². The summed E-state index contributed by atoms with van der Waals surface area (Å²) in [7, 11) is 1.85. The summed E-state index contributed by atoms with van der Waals surface area (Å²) in [6, 6.07) is 2.12. The van der Waals surface area contributed by atoms with Gasteiger partial charge in [-0.15, -0.1) is 0 Å². The summed E-state index contributed by atoms with van der Waals surface area (Å²) in [5.41, 5.74) is 0. The smallest absolute Gasteiger partial charge is 0.191 e. The van der Waals surface area contributed by atoms with Gasteiger partial charge in [0.1, 0.15) is 11.6 Å². The van der Waals surface area contributed by atoms with Gasteiger partial charge >= 0.3 is 0 Å². The summed E-state index contributed by atoms with van der Waals surface area (Å²) in [6.45, 7) is 5.45. The van der Waals surface area contributed by atoms with E-state index in [0.29, 0.717) is 6.61 Å². The summed E-state index contributed by atoms with van der Waals surface area (Å²) in [5, 5.41) is 7.07. The lowest BCUT2D eigenvalue weighted by atomic mass is 10.3. The van der Waals surface area contributed by atoms with Crippen molar-refractivity contribution in [1.29, 1.82) is 0 Å². The molecule has 0 amide bonds. The summed E-state index contributed by atoms with van der Waals surface area (Å²) in [6.07, 6.45) is 1.96. The van der Waals surface area contributed by atoms with Crippen molar-refractivity contribution in [2.24, 2.45) is 0 Å². The maximum atomic E-state index is 5.35. The van der Waals surface area contributed by atoms with E-state index < -0.39 is 0 Å². The fourth-order valence-electron chi connectivity index (χ4n) is 1.31. The van der Waals surface area contributed by atoms with Gasteiger partial charge in [-0.25, -0.2) is 9.97 Å². The third-order valence-electron chi connectivity index (χ3n) is 2.11. The van der Waals surface area contributed by atoms with E-state index in [1.165, 1.54) is 11.8 Å². The lowest BCUT2D eigenvalue weighted by molar-refractivity contribution is 0.141. The molecule has 2 N–H and O–H groups in total. The van der Waals surface area contributed by atoms with E-state index in [0.717, 1.165) is 23.4 Å². The molecule has 6 heteroatoms. The molecule has 0 bridgehead atoms. The Morgan fingerprint density at radius 2 is 2.12 bits per heavy atom. The number of ether oxygens (including phenoxy) is 1. The van der Waals surface area contributed by atoms with Crippen LogP contribution >= 0.6 is 11.8 Å². The van der Waals surface area contributed by atoms with Crippen molar-refractivity contribution < 1.29 is 4.74 Å². The van der Waals surface area contributed by atoms with Gasteiger partial charge in [-0.2, -0.15) is 0 Å². The molecular weight excluding hydrogens is 236 g/mol. The number of aromatic nitrogens is 2. The second kappa shape index (κ2) is 7.34. The molecule has 1 unspecified atom stereocenters. The van der Waals surface area contributed by atoms with Gasteiger partial charge in [0.05, 0.1) is 6.61 Å². The highest BCUT2D eigenvalue weighted by atomic mass is 32.2. The van der Waals surface area contributed by atoms with E-state index in [9.17, 15) is 0 Å². The first-order chi connectivity index (χ1) is 8.19. The van der Waals surface area contributed by atoms with E-state index in [-0.39, 0.29) is 6.04 Å². The number of hydrogen-bond donors (Lipinski definition) is 2. The summed E-state index contributed by atoms with van der Waals surface area (Å²) in [4.78, 5) is 8.70. The van der Waals surface area contributed by atoms with Crippen molar-refractivity contribution in [3.63, 3.8) is 0 Å². The molecule has 0 aliphatic rings. The largest absolute Gasteiger partial charge is 0.380 e. The highest BCUT2D eigenvalue weighted by molar-refractivity contribution is 7.98. The summed E-state index contributed by atoms with van der Waals surface area (Å²) in [5.74, 6) is 1.64. The first kappa shape index (κ1) is 14.1. The molecular formula is C11H20N4OS. The molecule has 1 rings (SSSR count). The van der Waals surface area contributed by atoms with Gasteiger partial charge in [0, 0.05) is 25.8 Å². The number of rotatable bonds is 7. The molecule has 0 aliphatic heterocycles. The Kier molecular flexibility index (Phi) is 6.07. The predicted molar refractivity (Wildman–Crippen MR) is 72.9 cm³/mol. The second-order valence-electron chi connectivity index (χ2n) is 3.58. The minimum atomic E-state index is 0.226. The third-order valence-corrected chi connectivity index (χ3v) is 2.66. The molecule has 1 heterocycles. The van der Waals surface area contributed by atoms with Crippen LogP contribution in [0.5, 0.6) is 0 Å². The van der Waals surface area contributed by atoms with Gasteiger partial charge in [0.2, 0.25) is 0 Å². The first-order valence-electron chi connectivity index (χ1n) is 5.64. The average Bonchev–Trinajstić information content (AvgIpc) is 2.35. The Labute approximate surface area is 107 Å². The van der Waals surface area contributed by atoms with Crippen LogP contribution < -0.4 is 10.6 Å². The van der Waals surface area contributed by atoms with Gasteiger partial charge in [0.25, 0.3) is 0 Å². The summed E-state index contributed by atoms with van der Waals surface area (Å²) >= 11 is 1.52. The lowest BCUT2D eigenvalue weighted by Crippen LogP contribution is -2.22. The number of nitrogens with one attached hydrogen (secondary N) is 2. The van der Waals surface area contributed by atoms with Crippen molar-refractivity contribution in [1.82, 2.24) is 9.97 Å². The molecule has 1 aromatic rings. The van der Waals surface area contributed by atoms with Gasteiger partial charge in [-0.05, 0) is 20.1 Å². The van der Waals surface area contributed by atoms with E-state index in [2.05, 4.69) is 27.5 Å². The Morgan fingerprint density at radius 3 is 2.71 bits per heavy atom. The third kappa shape index (κ3) is 4.79. The van der Waals surface area contributed by atoms with E-state index in [1.807, 2.05) is 26.3 Å². The number of anilines is 2. The molecule has 5 nitrogen and oxygen atoms in total. The van der Waals surface area contributed by atoms with Crippen molar-refractivity contribution in [2.75, 3.05) is 37.2 Å². The number of thioether (sulfide) groups is 1. The zero-order valence-corrected chi connectivity index (χ0v) is 11.6. The minimum absolute atomic E-state index is 0.226. The first-order valence-corrected chi connectivity index (χ1v) is 6.87. The molecule has 0 aromatic carbocycles. The van der Waals surface area contributed by atoms with Gasteiger partial charge in [-0.3, -0.25) is 0 Å². The fraction of sp³-hybridized carbons (Fsp3) is 0.636. The molecule has 0 aliphatic carbocycles. The van der Waals surface area contributed by atoms with Crippen LogP contribution in [-0.4, -0.2) is 42.5 Å². The van der Waals surface area contributed by atoms with Crippen LogP contribution in [0.25, 0.3) is 0 Å². The molecule has 0 saturated carbocycles. The van der Waals surface area contributed by atoms with Crippen molar-refractivity contribution in [3.05, 3.63) is 6.07 Å². The standard InChI is InChI=1S/C11H20N4OS/c1-5-16-7-8(2)13-10-6-9(12-3)14-11(15-10)17-4/h6,8H,5,7H2,1-4H3,(H2,12,13,14,15). The van der Waals surface area contributed by atoms with Crippen LogP contribution in [0.15, 0.2) is 11.2 Å². The van der Waals surface area contributed by atoms with Crippen LogP contribution in [0.3, 0.4) is 0 Å². The maximum Gasteiger partial charge on any atom is 0.191 e. The molecule has 96 valence electrons. The van der Waals surface area contributed by atoms with Crippen molar-refractivity contribution in [3.8, 4) is 0 Å². The summed E-state index contributed by atoms with van der Waals surface area (Å²) < 4.78 is 5.35. The van der Waals surface area contributed by atoms with Gasteiger partial charge < -0.3 is 15.4 Å². The Morgan fingerprint density at radius 1 is 1.41 bits per heavy atom. The highest BCUT2D eigenvalue weighted by Crippen LogP contribution is 2.17. The number of nitrogens with zero attached hydrogens (tertiary/aromatic N) is 2. The van der Waals surface area contributed by atoms with Crippen LogP contribution in [0, 0.1) is 0 Å². The monoisotopic (exact) mass is 256 g/mol. The minimum Gasteiger partial charge on any atom is -0.380 e. The van der Waals surface area contributed by atoms with Crippen LogP contribution in [0.4, 0.5) is 11.6 Å². The molecule has 0 fully saturated rings. The SMILES string of the molecule is CCOCC(C)Nc1cc(NC)nc(SC)n1. The van der Waals surface area contributed by atoms with Gasteiger partial charge in [0.15, 0.2) is 5.16 Å². The normalized spacial score (nSPS) is 12.2.